The molecule has 0 unspecified atom stereocenters. The van der Waals surface area contributed by atoms with E-state index in [0.29, 0.717) is 5.52 Å². The van der Waals surface area contributed by atoms with Crippen molar-refractivity contribution in [3.05, 3.63) is 39.2 Å². The first-order valence-electron chi connectivity index (χ1n) is 3.58. The topological polar surface area (TPSA) is 12.9 Å². The molecule has 0 aliphatic rings. The molecule has 1 aromatic carbocycles. The lowest BCUT2D eigenvalue weighted by Gasteiger charge is -2.00. The average molecular weight is 305 g/mol. The van der Waals surface area contributed by atoms with E-state index in [4.69, 9.17) is 0 Å². The summed E-state index contributed by atoms with van der Waals surface area (Å²) in [6.45, 7) is 0. The van der Waals surface area contributed by atoms with Crippen molar-refractivity contribution in [3.8, 4) is 0 Å². The first-order valence-corrected chi connectivity index (χ1v) is 5.17. The molecular weight excluding hydrogens is 301 g/mol. The molecule has 2 rings (SSSR count). The van der Waals surface area contributed by atoms with Crippen molar-refractivity contribution in [1.29, 1.82) is 0 Å². The summed E-state index contributed by atoms with van der Waals surface area (Å²) in [4.78, 5) is 3.77. The Morgan fingerprint density at radius 1 is 1.15 bits per heavy atom. The third-order valence-electron chi connectivity index (χ3n) is 1.69. The van der Waals surface area contributed by atoms with Crippen LogP contribution in [0.15, 0.2) is 33.2 Å². The molecule has 0 atom stereocenters. The van der Waals surface area contributed by atoms with Crippen LogP contribution in [-0.2, 0) is 0 Å². The van der Waals surface area contributed by atoms with Crippen LogP contribution in [0.1, 0.15) is 0 Å². The van der Waals surface area contributed by atoms with Crippen LogP contribution >= 0.6 is 31.9 Å². The van der Waals surface area contributed by atoms with Crippen LogP contribution in [0.4, 0.5) is 4.39 Å². The fourth-order valence-electron chi connectivity index (χ4n) is 1.13. The van der Waals surface area contributed by atoms with Gasteiger partial charge in [-0.15, -0.1) is 0 Å². The van der Waals surface area contributed by atoms with Gasteiger partial charge in [0.2, 0.25) is 5.95 Å². The highest BCUT2D eigenvalue weighted by molar-refractivity contribution is 9.11. The van der Waals surface area contributed by atoms with Gasteiger partial charge in [0.1, 0.15) is 0 Å². The molecule has 0 aliphatic carbocycles. The van der Waals surface area contributed by atoms with Gasteiger partial charge in [0, 0.05) is 20.4 Å². The predicted molar refractivity (Wildman–Crippen MR) is 57.1 cm³/mol. The summed E-state index contributed by atoms with van der Waals surface area (Å²) in [7, 11) is 0. The van der Waals surface area contributed by atoms with Gasteiger partial charge < -0.3 is 0 Å². The summed E-state index contributed by atoms with van der Waals surface area (Å²) >= 11 is 6.58. The lowest BCUT2D eigenvalue weighted by molar-refractivity contribution is 0.588. The Morgan fingerprint density at radius 3 is 2.69 bits per heavy atom. The molecule has 1 nitrogen and oxygen atoms in total. The van der Waals surface area contributed by atoms with Crippen LogP contribution in [-0.4, -0.2) is 4.98 Å². The molecule has 1 aromatic heterocycles. The van der Waals surface area contributed by atoms with E-state index in [0.717, 1.165) is 14.3 Å². The fraction of sp³-hybridized carbons (Fsp3) is 0. The van der Waals surface area contributed by atoms with E-state index in [1.165, 1.54) is 6.07 Å². The number of hydrogen-bond acceptors (Lipinski definition) is 1. The predicted octanol–water partition coefficient (Wildman–Crippen LogP) is 3.90. The van der Waals surface area contributed by atoms with Crippen molar-refractivity contribution in [1.82, 2.24) is 4.98 Å². The largest absolute Gasteiger partial charge is 0.220 e. The molecule has 0 amide bonds. The highest BCUT2D eigenvalue weighted by Gasteiger charge is 2.03. The van der Waals surface area contributed by atoms with Crippen LogP contribution < -0.4 is 0 Å². The van der Waals surface area contributed by atoms with E-state index < -0.39 is 5.95 Å². The zero-order chi connectivity index (χ0) is 9.42. The molecule has 4 heteroatoms. The van der Waals surface area contributed by atoms with E-state index in [2.05, 4.69) is 36.8 Å². The van der Waals surface area contributed by atoms with E-state index in [-0.39, 0.29) is 0 Å². The van der Waals surface area contributed by atoms with E-state index in [1.54, 1.807) is 6.07 Å². The van der Waals surface area contributed by atoms with Crippen molar-refractivity contribution in [2.45, 2.75) is 0 Å². The van der Waals surface area contributed by atoms with Gasteiger partial charge in [0.05, 0.1) is 5.52 Å². The first kappa shape index (κ1) is 9.09. The summed E-state index contributed by atoms with van der Waals surface area (Å²) in [5.41, 5.74) is 0.640. The molecule has 0 bridgehead atoms. The minimum Gasteiger partial charge on any atom is -0.220 e. The molecule has 0 radical (unpaired) electrons. The van der Waals surface area contributed by atoms with Crippen LogP contribution in [0.3, 0.4) is 0 Å². The number of aromatic nitrogens is 1. The molecule has 66 valence electrons. The zero-order valence-electron chi connectivity index (χ0n) is 6.39. The van der Waals surface area contributed by atoms with Crippen LogP contribution in [0.25, 0.3) is 10.9 Å². The maximum Gasteiger partial charge on any atom is 0.214 e. The number of hydrogen-bond donors (Lipinski definition) is 0. The van der Waals surface area contributed by atoms with Crippen molar-refractivity contribution in [2.24, 2.45) is 0 Å². The number of rotatable bonds is 0. The Bertz CT molecular complexity index is 465. The summed E-state index contributed by atoms with van der Waals surface area (Å²) in [6, 6.07) is 6.92. The van der Waals surface area contributed by atoms with Gasteiger partial charge in [0.15, 0.2) is 0 Å². The highest BCUT2D eigenvalue weighted by atomic mass is 79.9. The molecule has 1 heterocycles. The maximum atomic E-state index is 12.9. The second-order valence-corrected chi connectivity index (χ2v) is 4.36. The van der Waals surface area contributed by atoms with Gasteiger partial charge >= 0.3 is 0 Å². The Hall–Kier alpha value is -0.480. The molecule has 0 saturated carbocycles. The van der Waals surface area contributed by atoms with Gasteiger partial charge in [-0.1, -0.05) is 22.0 Å². The lowest BCUT2D eigenvalue weighted by atomic mass is 10.2. The Balaban J connectivity index is 2.86. The molecular formula is C9H4Br2FN. The number of halogens is 3. The molecule has 13 heavy (non-hydrogen) atoms. The minimum atomic E-state index is -0.475. The van der Waals surface area contributed by atoms with Gasteiger partial charge in [-0.2, -0.15) is 4.39 Å². The monoisotopic (exact) mass is 303 g/mol. The van der Waals surface area contributed by atoms with Crippen LogP contribution in [0.5, 0.6) is 0 Å². The summed E-state index contributed by atoms with van der Waals surface area (Å²) in [5, 5.41) is 0.907. The number of pyridine rings is 1. The van der Waals surface area contributed by atoms with E-state index in [9.17, 15) is 4.39 Å². The summed E-state index contributed by atoms with van der Waals surface area (Å²) in [5.74, 6) is -0.475. The van der Waals surface area contributed by atoms with E-state index >= 15 is 0 Å². The van der Waals surface area contributed by atoms with Gasteiger partial charge in [-0.3, -0.25) is 0 Å². The van der Waals surface area contributed by atoms with Crippen LogP contribution in [0, 0.1) is 5.95 Å². The first-order chi connectivity index (χ1) is 6.16. The normalized spacial score (nSPS) is 10.7. The third kappa shape index (κ3) is 1.74. The highest BCUT2D eigenvalue weighted by Crippen LogP contribution is 2.25. The average Bonchev–Trinajstić information content (AvgIpc) is 2.02. The SMILES string of the molecule is Fc1cc(Br)c2ccc(Br)cc2n1. The van der Waals surface area contributed by atoms with Crippen molar-refractivity contribution >= 4 is 42.8 Å². The Morgan fingerprint density at radius 2 is 1.92 bits per heavy atom. The number of benzene rings is 1. The molecule has 0 spiro atoms. The summed E-state index contributed by atoms with van der Waals surface area (Å²) < 4.78 is 14.5. The smallest absolute Gasteiger partial charge is 0.214 e. The van der Waals surface area contributed by atoms with E-state index in [1.807, 2.05) is 12.1 Å². The molecule has 0 N–H and O–H groups in total. The van der Waals surface area contributed by atoms with Gasteiger partial charge in [-0.05, 0) is 28.1 Å². The molecule has 0 saturated heterocycles. The van der Waals surface area contributed by atoms with Crippen LogP contribution in [0.2, 0.25) is 0 Å². The minimum absolute atomic E-state index is 0.475. The third-order valence-corrected chi connectivity index (χ3v) is 2.84. The zero-order valence-corrected chi connectivity index (χ0v) is 9.56. The van der Waals surface area contributed by atoms with Crippen molar-refractivity contribution in [3.63, 3.8) is 0 Å². The Labute approximate surface area is 91.2 Å². The fourth-order valence-corrected chi connectivity index (χ4v) is 2.00. The molecule has 0 fully saturated rings. The maximum absolute atomic E-state index is 12.9. The molecule has 2 aromatic rings. The van der Waals surface area contributed by atoms with Crippen molar-refractivity contribution < 1.29 is 4.39 Å². The van der Waals surface area contributed by atoms with Gasteiger partial charge in [-0.25, -0.2) is 4.98 Å². The number of fused-ring (bicyclic) bond motifs is 1. The lowest BCUT2D eigenvalue weighted by Crippen LogP contribution is -1.85. The second kappa shape index (κ2) is 3.35. The summed E-state index contributed by atoms with van der Waals surface area (Å²) in [6.07, 6.45) is 0. The Kier molecular flexibility index (Phi) is 2.34. The van der Waals surface area contributed by atoms with Crippen molar-refractivity contribution in [2.75, 3.05) is 0 Å². The quantitative estimate of drug-likeness (QED) is 0.673. The standard InChI is InChI=1S/C9H4Br2FN/c10-5-1-2-6-7(11)4-9(12)13-8(6)3-5/h1-4H. The van der Waals surface area contributed by atoms with Gasteiger partial charge in [0.25, 0.3) is 0 Å². The number of nitrogens with zero attached hydrogens (tertiary/aromatic N) is 1. The second-order valence-electron chi connectivity index (χ2n) is 2.59. The molecule has 0 aliphatic heterocycles.